The number of ether oxygens (including phenoxy) is 2. The number of aromatic nitrogens is 2. The van der Waals surface area contributed by atoms with E-state index < -0.39 is 6.04 Å². The molecule has 0 spiro atoms. The Kier molecular flexibility index (Phi) is 10.3. The molecule has 0 aliphatic heterocycles. The standard InChI is InChI=1S/C30H31FN4O4/c31-24-8-12-27(13-9-24)39-26-10-6-22(7-11-26)16-29(36)28(20-38-19-23-4-2-1-3-5-23)35-30(37)18-32-15-14-25-17-33-21-34-25/h1-13,17,21,28,32H,14-16,18-20H2,(H,33,34)(H,35,37)/t28-/m0/s1. The van der Waals surface area contributed by atoms with E-state index in [1.807, 2.05) is 30.3 Å². The number of H-pyrrole nitrogens is 1. The summed E-state index contributed by atoms with van der Waals surface area (Å²) in [5, 5.41) is 5.90. The minimum Gasteiger partial charge on any atom is -0.457 e. The van der Waals surface area contributed by atoms with Gasteiger partial charge >= 0.3 is 0 Å². The van der Waals surface area contributed by atoms with E-state index in [0.29, 0.717) is 31.1 Å². The normalized spacial score (nSPS) is 11.6. The van der Waals surface area contributed by atoms with Crippen LogP contribution in [-0.2, 0) is 33.8 Å². The van der Waals surface area contributed by atoms with Crippen molar-refractivity contribution in [1.29, 1.82) is 0 Å². The highest BCUT2D eigenvalue weighted by atomic mass is 19.1. The molecule has 4 aromatic rings. The molecule has 8 nitrogen and oxygen atoms in total. The highest BCUT2D eigenvalue weighted by Crippen LogP contribution is 2.22. The van der Waals surface area contributed by atoms with Crippen LogP contribution in [0.2, 0.25) is 0 Å². The van der Waals surface area contributed by atoms with Crippen molar-refractivity contribution in [3.05, 3.63) is 114 Å². The number of aromatic amines is 1. The summed E-state index contributed by atoms with van der Waals surface area (Å²) in [4.78, 5) is 32.8. The first-order chi connectivity index (χ1) is 19.0. The number of halogens is 1. The number of carbonyl (C=O) groups is 2. The Bertz CT molecular complexity index is 1300. The van der Waals surface area contributed by atoms with Crippen molar-refractivity contribution in [2.24, 2.45) is 0 Å². The number of amides is 1. The fourth-order valence-corrected chi connectivity index (χ4v) is 3.81. The van der Waals surface area contributed by atoms with Gasteiger partial charge in [0.2, 0.25) is 5.91 Å². The van der Waals surface area contributed by atoms with Crippen molar-refractivity contribution in [3.8, 4) is 11.5 Å². The van der Waals surface area contributed by atoms with E-state index in [4.69, 9.17) is 9.47 Å². The third-order valence-corrected chi connectivity index (χ3v) is 5.88. The van der Waals surface area contributed by atoms with Crippen molar-refractivity contribution in [3.63, 3.8) is 0 Å². The highest BCUT2D eigenvalue weighted by Gasteiger charge is 2.21. The van der Waals surface area contributed by atoms with Crippen LogP contribution in [0.15, 0.2) is 91.4 Å². The van der Waals surface area contributed by atoms with Gasteiger partial charge in [0.25, 0.3) is 0 Å². The summed E-state index contributed by atoms with van der Waals surface area (Å²) < 4.78 is 24.6. The molecule has 0 bridgehead atoms. The number of imidazole rings is 1. The Hall–Kier alpha value is -4.34. The van der Waals surface area contributed by atoms with Gasteiger partial charge in [-0.1, -0.05) is 42.5 Å². The van der Waals surface area contributed by atoms with Gasteiger partial charge < -0.3 is 25.1 Å². The molecule has 0 radical (unpaired) electrons. The van der Waals surface area contributed by atoms with Gasteiger partial charge in [-0.2, -0.15) is 0 Å². The maximum absolute atomic E-state index is 13.2. The number of carbonyl (C=O) groups excluding carboxylic acids is 2. The molecule has 0 aliphatic rings. The summed E-state index contributed by atoms with van der Waals surface area (Å²) >= 11 is 0. The van der Waals surface area contributed by atoms with Crippen LogP contribution < -0.4 is 15.4 Å². The van der Waals surface area contributed by atoms with E-state index in [0.717, 1.165) is 16.8 Å². The summed E-state index contributed by atoms with van der Waals surface area (Å²) in [6.07, 6.45) is 4.17. The van der Waals surface area contributed by atoms with E-state index in [1.54, 1.807) is 48.9 Å². The highest BCUT2D eigenvalue weighted by molar-refractivity contribution is 5.91. The molecule has 1 aromatic heterocycles. The van der Waals surface area contributed by atoms with E-state index in [2.05, 4.69) is 20.6 Å². The van der Waals surface area contributed by atoms with E-state index in [-0.39, 0.29) is 37.1 Å². The number of nitrogens with zero attached hydrogens (tertiary/aromatic N) is 1. The topological polar surface area (TPSA) is 105 Å². The molecular formula is C30H31FN4O4. The minimum absolute atomic E-state index is 0.0549. The van der Waals surface area contributed by atoms with Crippen LogP contribution in [0.1, 0.15) is 16.8 Å². The lowest BCUT2D eigenvalue weighted by atomic mass is 10.0. The SMILES string of the molecule is O=C(CNCCc1cnc[nH]1)N[C@@H](COCc1ccccc1)C(=O)Cc1ccc(Oc2ccc(F)cc2)cc1. The van der Waals surface area contributed by atoms with Crippen molar-refractivity contribution in [1.82, 2.24) is 20.6 Å². The molecule has 0 fully saturated rings. The van der Waals surface area contributed by atoms with Crippen molar-refractivity contribution in [2.45, 2.75) is 25.5 Å². The fraction of sp³-hybridized carbons (Fsp3) is 0.233. The first-order valence-corrected chi connectivity index (χ1v) is 12.7. The van der Waals surface area contributed by atoms with Gasteiger partial charge in [-0.3, -0.25) is 9.59 Å². The van der Waals surface area contributed by atoms with Gasteiger partial charge in [0.15, 0.2) is 5.78 Å². The number of nitrogens with one attached hydrogen (secondary N) is 3. The van der Waals surface area contributed by atoms with Crippen LogP contribution in [0.25, 0.3) is 0 Å². The maximum Gasteiger partial charge on any atom is 0.234 e. The monoisotopic (exact) mass is 530 g/mol. The number of hydrogen-bond donors (Lipinski definition) is 3. The summed E-state index contributed by atoms with van der Waals surface area (Å²) in [7, 11) is 0. The third-order valence-electron chi connectivity index (χ3n) is 5.88. The first kappa shape index (κ1) is 27.7. The number of ketones is 1. The van der Waals surface area contributed by atoms with Crippen LogP contribution in [0.3, 0.4) is 0 Å². The molecule has 4 rings (SSSR count). The lowest BCUT2D eigenvalue weighted by Gasteiger charge is -2.18. The predicted octanol–water partition coefficient (Wildman–Crippen LogP) is 3.99. The first-order valence-electron chi connectivity index (χ1n) is 12.7. The van der Waals surface area contributed by atoms with Crippen LogP contribution in [0.4, 0.5) is 4.39 Å². The number of rotatable bonds is 15. The van der Waals surface area contributed by atoms with Gasteiger partial charge in [0.1, 0.15) is 23.4 Å². The van der Waals surface area contributed by atoms with E-state index >= 15 is 0 Å². The Morgan fingerprint density at radius 3 is 2.33 bits per heavy atom. The summed E-state index contributed by atoms with van der Waals surface area (Å²) in [6.45, 7) is 1.05. The maximum atomic E-state index is 13.2. The molecule has 9 heteroatoms. The summed E-state index contributed by atoms with van der Waals surface area (Å²) in [5.74, 6) is 0.285. The molecule has 202 valence electrons. The zero-order valence-corrected chi connectivity index (χ0v) is 21.4. The third kappa shape index (κ3) is 9.48. The molecule has 0 unspecified atom stereocenters. The van der Waals surface area contributed by atoms with Crippen molar-refractivity contribution >= 4 is 11.7 Å². The molecule has 1 heterocycles. The van der Waals surface area contributed by atoms with Gasteiger partial charge in [0.05, 0.1) is 26.1 Å². The minimum atomic E-state index is -0.800. The summed E-state index contributed by atoms with van der Waals surface area (Å²) in [5.41, 5.74) is 2.72. The van der Waals surface area contributed by atoms with Crippen molar-refractivity contribution in [2.75, 3.05) is 19.7 Å². The largest absolute Gasteiger partial charge is 0.457 e. The Morgan fingerprint density at radius 2 is 1.64 bits per heavy atom. The number of hydrogen-bond acceptors (Lipinski definition) is 6. The molecule has 1 atom stereocenters. The van der Waals surface area contributed by atoms with Crippen LogP contribution >= 0.6 is 0 Å². The summed E-state index contributed by atoms with van der Waals surface area (Å²) in [6, 6.07) is 21.6. The van der Waals surface area contributed by atoms with Crippen LogP contribution in [0, 0.1) is 5.82 Å². The average Bonchev–Trinajstić information content (AvgIpc) is 3.47. The van der Waals surface area contributed by atoms with Gasteiger partial charge in [-0.25, -0.2) is 9.37 Å². The fourth-order valence-electron chi connectivity index (χ4n) is 3.81. The van der Waals surface area contributed by atoms with Gasteiger partial charge in [-0.05, 0) is 47.5 Å². The van der Waals surface area contributed by atoms with E-state index in [9.17, 15) is 14.0 Å². The zero-order valence-electron chi connectivity index (χ0n) is 21.4. The average molecular weight is 531 g/mol. The molecule has 3 N–H and O–H groups in total. The molecular weight excluding hydrogens is 499 g/mol. The predicted molar refractivity (Wildman–Crippen MR) is 145 cm³/mol. The number of Topliss-reactive ketones (excluding diaryl/α,β-unsaturated/α-hetero) is 1. The van der Waals surface area contributed by atoms with Crippen LogP contribution in [-0.4, -0.2) is 47.4 Å². The van der Waals surface area contributed by atoms with Gasteiger partial charge in [-0.15, -0.1) is 0 Å². The Morgan fingerprint density at radius 1 is 0.923 bits per heavy atom. The van der Waals surface area contributed by atoms with E-state index in [1.165, 1.54) is 12.1 Å². The van der Waals surface area contributed by atoms with Gasteiger partial charge in [0, 0.05) is 31.3 Å². The second kappa shape index (κ2) is 14.6. The second-order valence-corrected chi connectivity index (χ2v) is 8.97. The lowest BCUT2D eigenvalue weighted by molar-refractivity contribution is -0.128. The Balaban J connectivity index is 1.30. The Labute approximate surface area is 226 Å². The lowest BCUT2D eigenvalue weighted by Crippen LogP contribution is -2.47. The zero-order chi connectivity index (χ0) is 27.3. The van der Waals surface area contributed by atoms with Crippen LogP contribution in [0.5, 0.6) is 11.5 Å². The smallest absolute Gasteiger partial charge is 0.234 e. The van der Waals surface area contributed by atoms with Crippen molar-refractivity contribution < 1.29 is 23.5 Å². The molecule has 0 saturated carbocycles. The molecule has 39 heavy (non-hydrogen) atoms. The molecule has 3 aromatic carbocycles. The second-order valence-electron chi connectivity index (χ2n) is 8.97. The molecule has 0 saturated heterocycles. The molecule has 1 amide bonds. The number of benzene rings is 3. The quantitative estimate of drug-likeness (QED) is 0.201. The molecule has 0 aliphatic carbocycles.